The van der Waals surface area contributed by atoms with Gasteiger partial charge in [0.05, 0.1) is 6.54 Å². The lowest BCUT2D eigenvalue weighted by molar-refractivity contribution is -0.131. The number of carbonyl (C=O) groups is 1. The van der Waals surface area contributed by atoms with Crippen molar-refractivity contribution in [2.24, 2.45) is 11.7 Å². The minimum Gasteiger partial charge on any atom is -0.345 e. The standard InChI is InChI=1S/C13H27N3O/c1-3-4-7-15(2)13(17)11-16-8-5-6-12(9-14)10-16/h12H,3-11,14H2,1-2H3. The minimum absolute atomic E-state index is 0.246. The van der Waals surface area contributed by atoms with Crippen LogP contribution in [0.4, 0.5) is 0 Å². The van der Waals surface area contributed by atoms with Crippen molar-refractivity contribution in [1.82, 2.24) is 9.80 Å². The molecule has 17 heavy (non-hydrogen) atoms. The molecule has 1 rings (SSSR count). The molecule has 100 valence electrons. The third-order valence-electron chi connectivity index (χ3n) is 3.57. The third-order valence-corrected chi connectivity index (χ3v) is 3.57. The lowest BCUT2D eigenvalue weighted by atomic mass is 9.98. The zero-order valence-corrected chi connectivity index (χ0v) is 11.3. The molecule has 0 spiro atoms. The lowest BCUT2D eigenvalue weighted by Gasteiger charge is -2.32. The van der Waals surface area contributed by atoms with Crippen LogP contribution in [-0.4, -0.2) is 55.5 Å². The zero-order valence-electron chi connectivity index (χ0n) is 11.3. The summed E-state index contributed by atoms with van der Waals surface area (Å²) < 4.78 is 0. The smallest absolute Gasteiger partial charge is 0.236 e. The Bertz CT molecular complexity index is 233. The highest BCUT2D eigenvalue weighted by Crippen LogP contribution is 2.14. The largest absolute Gasteiger partial charge is 0.345 e. The maximum Gasteiger partial charge on any atom is 0.236 e. The van der Waals surface area contributed by atoms with E-state index in [9.17, 15) is 4.79 Å². The van der Waals surface area contributed by atoms with Crippen molar-refractivity contribution in [2.75, 3.05) is 39.8 Å². The molecule has 2 N–H and O–H groups in total. The predicted octanol–water partition coefficient (Wildman–Crippen LogP) is 0.916. The Kier molecular flexibility index (Phi) is 6.52. The Morgan fingerprint density at radius 3 is 2.94 bits per heavy atom. The highest BCUT2D eigenvalue weighted by molar-refractivity contribution is 5.77. The highest BCUT2D eigenvalue weighted by atomic mass is 16.2. The van der Waals surface area contributed by atoms with E-state index in [0.29, 0.717) is 12.5 Å². The molecular weight excluding hydrogens is 214 g/mol. The van der Waals surface area contributed by atoms with E-state index in [1.54, 1.807) is 0 Å². The summed E-state index contributed by atoms with van der Waals surface area (Å²) in [5.41, 5.74) is 5.70. The number of amides is 1. The fraction of sp³-hybridized carbons (Fsp3) is 0.923. The molecule has 0 bridgehead atoms. The van der Waals surface area contributed by atoms with Crippen LogP contribution in [0.5, 0.6) is 0 Å². The molecule has 0 aromatic carbocycles. The van der Waals surface area contributed by atoms with Gasteiger partial charge in [-0.3, -0.25) is 9.69 Å². The normalized spacial score (nSPS) is 21.5. The van der Waals surface area contributed by atoms with Gasteiger partial charge < -0.3 is 10.6 Å². The number of nitrogens with zero attached hydrogens (tertiary/aromatic N) is 2. The fourth-order valence-corrected chi connectivity index (χ4v) is 2.32. The van der Waals surface area contributed by atoms with Crippen molar-refractivity contribution in [3.8, 4) is 0 Å². The van der Waals surface area contributed by atoms with E-state index in [-0.39, 0.29) is 5.91 Å². The predicted molar refractivity (Wildman–Crippen MR) is 70.8 cm³/mol. The molecule has 1 aliphatic rings. The van der Waals surface area contributed by atoms with Gasteiger partial charge >= 0.3 is 0 Å². The van der Waals surface area contributed by atoms with Gasteiger partial charge in [0.25, 0.3) is 0 Å². The van der Waals surface area contributed by atoms with Crippen molar-refractivity contribution in [3.63, 3.8) is 0 Å². The van der Waals surface area contributed by atoms with Crippen molar-refractivity contribution >= 4 is 5.91 Å². The first-order chi connectivity index (χ1) is 8.17. The summed E-state index contributed by atoms with van der Waals surface area (Å²) in [6, 6.07) is 0. The zero-order chi connectivity index (χ0) is 12.7. The van der Waals surface area contributed by atoms with Crippen molar-refractivity contribution in [3.05, 3.63) is 0 Å². The molecule has 4 heteroatoms. The molecule has 0 radical (unpaired) electrons. The molecule has 4 nitrogen and oxygen atoms in total. The number of hydrogen-bond donors (Lipinski definition) is 1. The monoisotopic (exact) mass is 241 g/mol. The average molecular weight is 241 g/mol. The number of nitrogens with two attached hydrogens (primary N) is 1. The Morgan fingerprint density at radius 2 is 2.29 bits per heavy atom. The van der Waals surface area contributed by atoms with Crippen LogP contribution in [0.15, 0.2) is 0 Å². The molecule has 0 aromatic rings. The maximum absolute atomic E-state index is 12.0. The summed E-state index contributed by atoms with van der Waals surface area (Å²) in [5.74, 6) is 0.827. The van der Waals surface area contributed by atoms with E-state index in [0.717, 1.165) is 39.0 Å². The van der Waals surface area contributed by atoms with Gasteiger partial charge in [-0.2, -0.15) is 0 Å². The van der Waals surface area contributed by atoms with E-state index in [1.165, 1.54) is 12.8 Å². The van der Waals surface area contributed by atoms with Crippen LogP contribution in [0.2, 0.25) is 0 Å². The highest BCUT2D eigenvalue weighted by Gasteiger charge is 2.21. The van der Waals surface area contributed by atoms with E-state index < -0.39 is 0 Å². The molecule has 0 aromatic heterocycles. The quantitative estimate of drug-likeness (QED) is 0.752. The maximum atomic E-state index is 12.0. The van der Waals surface area contributed by atoms with Crippen molar-refractivity contribution < 1.29 is 4.79 Å². The number of unbranched alkanes of at least 4 members (excludes halogenated alkanes) is 1. The van der Waals surface area contributed by atoms with Crippen LogP contribution in [0.25, 0.3) is 0 Å². The first-order valence-corrected chi connectivity index (χ1v) is 6.83. The molecule has 1 amide bonds. The second-order valence-corrected chi connectivity index (χ2v) is 5.15. The molecule has 0 saturated carbocycles. The fourth-order valence-electron chi connectivity index (χ4n) is 2.32. The number of piperidine rings is 1. The van der Waals surface area contributed by atoms with Crippen molar-refractivity contribution in [1.29, 1.82) is 0 Å². The van der Waals surface area contributed by atoms with E-state index in [2.05, 4.69) is 11.8 Å². The van der Waals surface area contributed by atoms with Gasteiger partial charge in [-0.1, -0.05) is 13.3 Å². The van der Waals surface area contributed by atoms with Crippen LogP contribution in [0.3, 0.4) is 0 Å². The van der Waals surface area contributed by atoms with Gasteiger partial charge in [-0.15, -0.1) is 0 Å². The Labute approximate surface area is 105 Å². The molecule has 1 fully saturated rings. The first-order valence-electron chi connectivity index (χ1n) is 6.83. The molecule has 1 unspecified atom stereocenters. The number of likely N-dealkylation sites (tertiary alicyclic amines) is 1. The molecule has 1 aliphatic heterocycles. The Balaban J connectivity index is 2.29. The summed E-state index contributed by atoms with van der Waals surface area (Å²) in [4.78, 5) is 16.1. The average Bonchev–Trinajstić information content (AvgIpc) is 2.36. The Morgan fingerprint density at radius 1 is 1.53 bits per heavy atom. The second-order valence-electron chi connectivity index (χ2n) is 5.15. The molecule has 1 heterocycles. The summed E-state index contributed by atoms with van der Waals surface area (Å²) in [7, 11) is 1.91. The van der Waals surface area contributed by atoms with E-state index >= 15 is 0 Å². The van der Waals surface area contributed by atoms with Crippen LogP contribution in [-0.2, 0) is 4.79 Å². The summed E-state index contributed by atoms with van der Waals surface area (Å²) in [6.45, 7) is 6.37. The van der Waals surface area contributed by atoms with Gasteiger partial charge in [0, 0.05) is 20.1 Å². The van der Waals surface area contributed by atoms with Gasteiger partial charge in [0.2, 0.25) is 5.91 Å². The second kappa shape index (κ2) is 7.67. The van der Waals surface area contributed by atoms with Crippen LogP contribution >= 0.6 is 0 Å². The molecule has 0 aliphatic carbocycles. The van der Waals surface area contributed by atoms with Gasteiger partial charge in [0.1, 0.15) is 0 Å². The van der Waals surface area contributed by atoms with E-state index in [1.807, 2.05) is 11.9 Å². The Hall–Kier alpha value is -0.610. The topological polar surface area (TPSA) is 49.6 Å². The first kappa shape index (κ1) is 14.5. The lowest BCUT2D eigenvalue weighted by Crippen LogP contribution is -2.44. The minimum atomic E-state index is 0.246. The van der Waals surface area contributed by atoms with Crippen molar-refractivity contribution in [2.45, 2.75) is 32.6 Å². The summed E-state index contributed by atoms with van der Waals surface area (Å²) in [5, 5.41) is 0. The van der Waals surface area contributed by atoms with Gasteiger partial charge in [-0.05, 0) is 38.3 Å². The number of rotatable bonds is 6. The van der Waals surface area contributed by atoms with Gasteiger partial charge in [-0.25, -0.2) is 0 Å². The number of hydrogen-bond acceptors (Lipinski definition) is 3. The SMILES string of the molecule is CCCCN(C)C(=O)CN1CCCC(CN)C1. The molecule has 1 saturated heterocycles. The van der Waals surface area contributed by atoms with Crippen LogP contribution in [0.1, 0.15) is 32.6 Å². The van der Waals surface area contributed by atoms with Crippen LogP contribution in [0, 0.1) is 5.92 Å². The molecule has 1 atom stereocenters. The third kappa shape index (κ3) is 5.04. The number of carbonyl (C=O) groups excluding carboxylic acids is 1. The summed E-state index contributed by atoms with van der Waals surface area (Å²) >= 11 is 0. The molecular formula is C13H27N3O. The number of likely N-dealkylation sites (N-methyl/N-ethyl adjacent to an activating group) is 1. The van der Waals surface area contributed by atoms with Crippen LogP contribution < -0.4 is 5.73 Å². The van der Waals surface area contributed by atoms with Gasteiger partial charge in [0.15, 0.2) is 0 Å². The van der Waals surface area contributed by atoms with E-state index in [4.69, 9.17) is 5.73 Å². The summed E-state index contributed by atoms with van der Waals surface area (Å²) in [6.07, 6.45) is 4.62.